The minimum atomic E-state index is -0.182. The van der Waals surface area contributed by atoms with Crippen LogP contribution in [0.25, 0.3) is 11.5 Å². The Morgan fingerprint density at radius 3 is 2.71 bits per heavy atom. The second kappa shape index (κ2) is 11.3. The minimum absolute atomic E-state index is 0.0307. The molecule has 186 valence electrons. The van der Waals surface area contributed by atoms with E-state index in [4.69, 9.17) is 28.5 Å². The summed E-state index contributed by atoms with van der Waals surface area (Å²) in [5, 5.41) is 4.14. The van der Waals surface area contributed by atoms with Crippen molar-refractivity contribution in [2.75, 3.05) is 6.61 Å². The van der Waals surface area contributed by atoms with Crippen molar-refractivity contribution in [3.05, 3.63) is 29.1 Å². The number of nitrogens with zero attached hydrogens (tertiary/aromatic N) is 2. The first-order chi connectivity index (χ1) is 16.4. The molecule has 0 amide bonds. The highest BCUT2D eigenvalue weighted by molar-refractivity contribution is 5.72. The number of aryl methyl sites for hydroxylation is 2. The topological polar surface area (TPSA) is 92.9 Å². The fraction of sp³-hybridized carbons (Fsp3) is 0.654. The number of esters is 1. The molecule has 8 nitrogen and oxygen atoms in total. The molecule has 2 aromatic rings. The number of carbonyl (C=O) groups is 1. The molecule has 1 unspecified atom stereocenters. The molecule has 2 aromatic heterocycles. The van der Waals surface area contributed by atoms with Gasteiger partial charge in [-0.3, -0.25) is 4.79 Å². The van der Waals surface area contributed by atoms with Crippen LogP contribution in [0.15, 0.2) is 16.7 Å². The second-order valence-corrected chi connectivity index (χ2v) is 9.55. The van der Waals surface area contributed by atoms with E-state index in [1.54, 1.807) is 0 Å². The molecule has 1 saturated carbocycles. The molecule has 0 spiro atoms. The third kappa shape index (κ3) is 6.16. The molecular formula is C26H36N2O6. The molecule has 2 aliphatic rings. The summed E-state index contributed by atoms with van der Waals surface area (Å²) in [6, 6.07) is 3.80. The number of aromatic nitrogens is 2. The van der Waals surface area contributed by atoms with E-state index in [2.05, 4.69) is 5.16 Å². The number of pyridine rings is 1. The molecule has 1 aliphatic heterocycles. The number of hydrogen-bond donors (Lipinski definition) is 0. The van der Waals surface area contributed by atoms with Crippen LogP contribution in [0.1, 0.15) is 75.7 Å². The molecule has 1 saturated heterocycles. The fourth-order valence-electron chi connectivity index (χ4n) is 4.55. The summed E-state index contributed by atoms with van der Waals surface area (Å²) in [7, 11) is 0. The van der Waals surface area contributed by atoms with Gasteiger partial charge >= 0.3 is 5.97 Å². The Bertz CT molecular complexity index is 966. The summed E-state index contributed by atoms with van der Waals surface area (Å²) in [4.78, 5) is 17.1. The summed E-state index contributed by atoms with van der Waals surface area (Å²) in [6.45, 7) is 8.68. The van der Waals surface area contributed by atoms with Gasteiger partial charge in [-0.15, -0.1) is 0 Å². The van der Waals surface area contributed by atoms with Gasteiger partial charge in [-0.2, -0.15) is 0 Å². The van der Waals surface area contributed by atoms with Crippen molar-refractivity contribution in [3.8, 4) is 17.2 Å². The van der Waals surface area contributed by atoms with E-state index in [9.17, 15) is 4.79 Å². The number of ether oxygens (including phenoxy) is 4. The van der Waals surface area contributed by atoms with Crippen LogP contribution in [0.5, 0.6) is 5.75 Å². The van der Waals surface area contributed by atoms with Crippen molar-refractivity contribution in [2.24, 2.45) is 5.92 Å². The highest BCUT2D eigenvalue weighted by Crippen LogP contribution is 2.32. The number of carbonyl (C=O) groups excluding carboxylic acids is 1. The Morgan fingerprint density at radius 1 is 1.12 bits per heavy atom. The van der Waals surface area contributed by atoms with Gasteiger partial charge in [0.05, 0.1) is 41.7 Å². The maximum Gasteiger partial charge on any atom is 0.309 e. The molecule has 1 aliphatic carbocycles. The molecular weight excluding hydrogens is 436 g/mol. The molecule has 0 radical (unpaired) electrons. The van der Waals surface area contributed by atoms with Crippen LogP contribution in [0.2, 0.25) is 0 Å². The molecule has 34 heavy (non-hydrogen) atoms. The first kappa shape index (κ1) is 24.7. The average Bonchev–Trinajstić information content (AvgIpc) is 3.19. The van der Waals surface area contributed by atoms with Crippen LogP contribution >= 0.6 is 0 Å². The summed E-state index contributed by atoms with van der Waals surface area (Å²) < 4.78 is 28.9. The van der Waals surface area contributed by atoms with E-state index in [1.807, 2.05) is 39.8 Å². The lowest BCUT2D eigenvalue weighted by Crippen LogP contribution is -2.31. The average molecular weight is 473 g/mol. The van der Waals surface area contributed by atoms with Crippen LogP contribution < -0.4 is 4.74 Å². The van der Waals surface area contributed by atoms with Crippen molar-refractivity contribution >= 4 is 5.97 Å². The van der Waals surface area contributed by atoms with Crippen molar-refractivity contribution in [3.63, 3.8) is 0 Å². The maximum atomic E-state index is 12.3. The van der Waals surface area contributed by atoms with Gasteiger partial charge in [-0.05, 0) is 84.8 Å². The van der Waals surface area contributed by atoms with Gasteiger partial charge in [-0.1, -0.05) is 5.16 Å². The zero-order chi connectivity index (χ0) is 24.1. The van der Waals surface area contributed by atoms with E-state index in [-0.39, 0.29) is 30.4 Å². The van der Waals surface area contributed by atoms with Gasteiger partial charge in [0, 0.05) is 6.61 Å². The Morgan fingerprint density at radius 2 is 1.97 bits per heavy atom. The predicted molar refractivity (Wildman–Crippen MR) is 125 cm³/mol. The standard InChI is InChI=1S/C26H36N2O6/c1-16(2)32-26(29)19-8-7-9-20(14-19)33-23-12-11-22(27-18(23)4)25-21(17(3)28-34-25)15-31-24-10-5-6-13-30-24/h11-12,16,19-20,24H,5-10,13-15H2,1-4H3/t19-,20-,24?/m0/s1. The van der Waals surface area contributed by atoms with Gasteiger partial charge in [-0.25, -0.2) is 4.98 Å². The quantitative estimate of drug-likeness (QED) is 0.479. The van der Waals surface area contributed by atoms with Gasteiger partial charge in [0.1, 0.15) is 11.4 Å². The molecule has 4 rings (SSSR count). The third-order valence-electron chi connectivity index (χ3n) is 6.41. The summed E-state index contributed by atoms with van der Waals surface area (Å²) >= 11 is 0. The van der Waals surface area contributed by atoms with Crippen LogP contribution in [0.4, 0.5) is 0 Å². The first-order valence-electron chi connectivity index (χ1n) is 12.4. The first-order valence-corrected chi connectivity index (χ1v) is 12.4. The lowest BCUT2D eigenvalue weighted by atomic mass is 9.87. The van der Waals surface area contributed by atoms with Crippen molar-refractivity contribution in [2.45, 2.75) is 97.7 Å². The molecule has 8 heteroatoms. The zero-order valence-corrected chi connectivity index (χ0v) is 20.7. The Kier molecular flexibility index (Phi) is 8.21. The lowest BCUT2D eigenvalue weighted by Gasteiger charge is -2.29. The summed E-state index contributed by atoms with van der Waals surface area (Å²) in [5.74, 6) is 1.09. The van der Waals surface area contributed by atoms with Gasteiger partial charge < -0.3 is 23.5 Å². The molecule has 0 aromatic carbocycles. The SMILES string of the molecule is Cc1nc(-c2onc(C)c2COC2CCCCO2)ccc1O[C@H]1CCC[C@H](C(=O)OC(C)C)C1. The fourth-order valence-corrected chi connectivity index (χ4v) is 4.55. The van der Waals surface area contributed by atoms with Crippen molar-refractivity contribution in [1.29, 1.82) is 0 Å². The smallest absolute Gasteiger partial charge is 0.309 e. The third-order valence-corrected chi connectivity index (χ3v) is 6.41. The lowest BCUT2D eigenvalue weighted by molar-refractivity contribution is -0.168. The summed E-state index contributed by atoms with van der Waals surface area (Å²) in [5.41, 5.74) is 3.12. The van der Waals surface area contributed by atoms with Crippen LogP contribution in [0, 0.1) is 19.8 Å². The van der Waals surface area contributed by atoms with Crippen molar-refractivity contribution in [1.82, 2.24) is 10.1 Å². The molecule has 3 atom stereocenters. The molecule has 2 fully saturated rings. The van der Waals surface area contributed by atoms with Gasteiger partial charge in [0.15, 0.2) is 12.1 Å². The van der Waals surface area contributed by atoms with Gasteiger partial charge in [0.2, 0.25) is 0 Å². The van der Waals surface area contributed by atoms with Gasteiger partial charge in [0.25, 0.3) is 0 Å². The van der Waals surface area contributed by atoms with E-state index in [0.717, 1.165) is 67.8 Å². The Hall–Kier alpha value is -2.45. The monoisotopic (exact) mass is 472 g/mol. The normalized spacial score (nSPS) is 23.1. The Labute approximate surface area is 201 Å². The van der Waals surface area contributed by atoms with E-state index < -0.39 is 0 Å². The molecule has 3 heterocycles. The second-order valence-electron chi connectivity index (χ2n) is 9.55. The maximum absolute atomic E-state index is 12.3. The largest absolute Gasteiger partial charge is 0.489 e. The highest BCUT2D eigenvalue weighted by atomic mass is 16.7. The minimum Gasteiger partial charge on any atom is -0.489 e. The van der Waals surface area contributed by atoms with E-state index in [0.29, 0.717) is 24.5 Å². The highest BCUT2D eigenvalue weighted by Gasteiger charge is 2.30. The van der Waals surface area contributed by atoms with Crippen LogP contribution in [-0.2, 0) is 25.6 Å². The van der Waals surface area contributed by atoms with Crippen LogP contribution in [0.3, 0.4) is 0 Å². The predicted octanol–water partition coefficient (Wildman–Crippen LogP) is 5.29. The number of hydrogen-bond acceptors (Lipinski definition) is 8. The Balaban J connectivity index is 1.41. The summed E-state index contributed by atoms with van der Waals surface area (Å²) in [6.07, 6.45) is 6.16. The van der Waals surface area contributed by atoms with E-state index >= 15 is 0 Å². The number of rotatable bonds is 8. The van der Waals surface area contributed by atoms with Crippen LogP contribution in [-0.4, -0.2) is 41.2 Å². The molecule has 0 bridgehead atoms. The zero-order valence-electron chi connectivity index (χ0n) is 20.7. The molecule has 0 N–H and O–H groups in total. The van der Waals surface area contributed by atoms with Crippen molar-refractivity contribution < 1.29 is 28.3 Å². The van der Waals surface area contributed by atoms with E-state index in [1.165, 1.54) is 0 Å².